The van der Waals surface area contributed by atoms with Crippen LogP contribution in [0.1, 0.15) is 30.0 Å². The van der Waals surface area contributed by atoms with E-state index in [1.807, 2.05) is 57.2 Å². The van der Waals surface area contributed by atoms with Gasteiger partial charge in [0.1, 0.15) is 12.3 Å². The first-order chi connectivity index (χ1) is 13.7. The second-order valence-electron chi connectivity index (χ2n) is 7.09. The van der Waals surface area contributed by atoms with E-state index in [1.54, 1.807) is 6.07 Å². The van der Waals surface area contributed by atoms with E-state index >= 15 is 0 Å². The molecule has 0 saturated carbocycles. The van der Waals surface area contributed by atoms with Crippen molar-refractivity contribution in [3.8, 4) is 5.75 Å². The van der Waals surface area contributed by atoms with E-state index in [9.17, 15) is 13.2 Å². The topological polar surface area (TPSA) is 75.7 Å². The molecule has 0 aliphatic carbocycles. The largest absolute Gasteiger partial charge is 0.494 e. The summed E-state index contributed by atoms with van der Waals surface area (Å²) in [5.74, 6) is 0.528. The van der Waals surface area contributed by atoms with Crippen molar-refractivity contribution in [2.75, 3.05) is 30.3 Å². The Morgan fingerprint density at radius 2 is 1.79 bits per heavy atom. The van der Waals surface area contributed by atoms with Crippen molar-refractivity contribution < 1.29 is 17.9 Å². The van der Waals surface area contributed by atoms with Gasteiger partial charge in [-0.2, -0.15) is 0 Å². The average Bonchev–Trinajstić information content (AvgIpc) is 2.66. The minimum absolute atomic E-state index is 0.230. The number of rotatable bonds is 10. The maximum Gasteiger partial charge on any atom is 0.240 e. The van der Waals surface area contributed by atoms with Gasteiger partial charge in [-0.3, -0.25) is 9.10 Å². The van der Waals surface area contributed by atoms with Gasteiger partial charge in [0.2, 0.25) is 15.9 Å². The van der Waals surface area contributed by atoms with Gasteiger partial charge in [-0.05, 0) is 68.5 Å². The minimum atomic E-state index is -3.57. The molecule has 0 heterocycles. The molecular weight excluding hydrogens is 388 g/mol. The third-order valence-corrected chi connectivity index (χ3v) is 5.65. The fraction of sp³-hybridized carbons (Fsp3) is 0.409. The highest BCUT2D eigenvalue weighted by Gasteiger charge is 2.22. The maximum atomic E-state index is 12.4. The highest BCUT2D eigenvalue weighted by atomic mass is 32.2. The molecule has 2 rings (SSSR count). The van der Waals surface area contributed by atoms with Gasteiger partial charge in [-0.15, -0.1) is 0 Å². The van der Waals surface area contributed by atoms with Crippen LogP contribution in [0.15, 0.2) is 42.5 Å². The van der Waals surface area contributed by atoms with E-state index in [-0.39, 0.29) is 12.5 Å². The number of ether oxygens (including phenoxy) is 1. The van der Waals surface area contributed by atoms with Gasteiger partial charge in [0.15, 0.2) is 0 Å². The summed E-state index contributed by atoms with van der Waals surface area (Å²) in [5.41, 5.74) is 3.45. The van der Waals surface area contributed by atoms with Crippen LogP contribution in [0.25, 0.3) is 0 Å². The molecule has 0 bridgehead atoms. The zero-order valence-electron chi connectivity index (χ0n) is 17.6. The molecular formula is C22H30N2O4S. The molecule has 7 heteroatoms. The van der Waals surface area contributed by atoms with Gasteiger partial charge < -0.3 is 10.1 Å². The molecule has 29 heavy (non-hydrogen) atoms. The molecule has 0 saturated heterocycles. The van der Waals surface area contributed by atoms with Crippen molar-refractivity contribution in [3.05, 3.63) is 59.2 Å². The Labute approximate surface area is 173 Å². The van der Waals surface area contributed by atoms with E-state index in [0.29, 0.717) is 18.8 Å². The van der Waals surface area contributed by atoms with Crippen molar-refractivity contribution >= 4 is 21.6 Å². The predicted molar refractivity (Wildman–Crippen MR) is 117 cm³/mol. The van der Waals surface area contributed by atoms with E-state index in [4.69, 9.17) is 4.74 Å². The first-order valence-electron chi connectivity index (χ1n) is 9.74. The monoisotopic (exact) mass is 418 g/mol. The molecule has 0 fully saturated rings. The number of hydrogen-bond donors (Lipinski definition) is 1. The first-order valence-corrected chi connectivity index (χ1v) is 11.6. The summed E-state index contributed by atoms with van der Waals surface area (Å²) in [6.45, 7) is 6.56. The zero-order valence-corrected chi connectivity index (χ0v) is 18.4. The predicted octanol–water partition coefficient (Wildman–Crippen LogP) is 3.22. The summed E-state index contributed by atoms with van der Waals surface area (Å²) in [5, 5.41) is 2.82. The Balaban J connectivity index is 1.89. The van der Waals surface area contributed by atoms with Gasteiger partial charge >= 0.3 is 0 Å². The van der Waals surface area contributed by atoms with Crippen LogP contribution in [-0.2, 0) is 21.2 Å². The molecule has 1 N–H and O–H groups in total. The Morgan fingerprint density at radius 1 is 1.10 bits per heavy atom. The van der Waals surface area contributed by atoms with E-state index in [1.165, 1.54) is 0 Å². The Hall–Kier alpha value is -2.54. The van der Waals surface area contributed by atoms with Crippen LogP contribution in [0.5, 0.6) is 5.75 Å². The second kappa shape index (κ2) is 10.3. The van der Waals surface area contributed by atoms with Crippen molar-refractivity contribution in [3.63, 3.8) is 0 Å². The summed E-state index contributed by atoms with van der Waals surface area (Å²) in [6, 6.07) is 13.5. The number of hydrogen-bond acceptors (Lipinski definition) is 4. The number of amides is 1. The number of carbonyl (C=O) groups is 1. The lowest BCUT2D eigenvalue weighted by molar-refractivity contribution is -0.119. The normalized spacial score (nSPS) is 11.2. The molecule has 0 aliphatic heterocycles. The lowest BCUT2D eigenvalue weighted by atomic mass is 10.1. The smallest absolute Gasteiger partial charge is 0.240 e. The lowest BCUT2D eigenvalue weighted by Gasteiger charge is -2.24. The summed E-state index contributed by atoms with van der Waals surface area (Å²) in [7, 11) is -3.57. The molecule has 1 amide bonds. The molecule has 0 unspecified atom stereocenters. The molecule has 0 spiro atoms. The maximum absolute atomic E-state index is 12.4. The van der Waals surface area contributed by atoms with Crippen molar-refractivity contribution in [2.24, 2.45) is 0 Å². The number of nitrogens with zero attached hydrogens (tertiary/aromatic N) is 1. The number of anilines is 1. The number of carbonyl (C=O) groups excluding carboxylic acids is 1. The van der Waals surface area contributed by atoms with E-state index in [0.717, 1.165) is 45.8 Å². The van der Waals surface area contributed by atoms with Crippen molar-refractivity contribution in [1.82, 2.24) is 5.32 Å². The molecule has 0 aromatic heterocycles. The quantitative estimate of drug-likeness (QED) is 0.601. The third kappa shape index (κ3) is 7.09. The minimum Gasteiger partial charge on any atom is -0.494 e. The van der Waals surface area contributed by atoms with Gasteiger partial charge in [0.05, 0.1) is 18.6 Å². The molecule has 2 aromatic rings. The van der Waals surface area contributed by atoms with Gasteiger partial charge in [0.25, 0.3) is 0 Å². The summed E-state index contributed by atoms with van der Waals surface area (Å²) in [4.78, 5) is 12.4. The molecule has 158 valence electrons. The van der Waals surface area contributed by atoms with Crippen molar-refractivity contribution in [2.45, 2.75) is 33.6 Å². The van der Waals surface area contributed by atoms with E-state index in [2.05, 4.69) is 5.32 Å². The first kappa shape index (κ1) is 22.7. The zero-order chi connectivity index (χ0) is 21.4. The lowest BCUT2D eigenvalue weighted by Crippen LogP contribution is -2.41. The number of aryl methyl sites for hydroxylation is 3. The van der Waals surface area contributed by atoms with E-state index < -0.39 is 10.0 Å². The molecule has 6 nitrogen and oxygen atoms in total. The Kier molecular flexibility index (Phi) is 8.08. The summed E-state index contributed by atoms with van der Waals surface area (Å²) < 4.78 is 31.1. The summed E-state index contributed by atoms with van der Waals surface area (Å²) >= 11 is 0. The average molecular weight is 419 g/mol. The summed E-state index contributed by atoms with van der Waals surface area (Å²) in [6.07, 6.45) is 2.70. The number of sulfonamides is 1. The highest BCUT2D eigenvalue weighted by molar-refractivity contribution is 7.92. The SMILES string of the molecule is CCOc1ccc(CCCNC(=O)CN(c2cc(C)ccc2C)S(C)(=O)=O)cc1. The molecule has 2 aromatic carbocycles. The number of nitrogens with one attached hydrogen (secondary N) is 1. The van der Waals surface area contributed by atoms with Crippen LogP contribution in [0.4, 0.5) is 5.69 Å². The van der Waals surface area contributed by atoms with Crippen LogP contribution in [0, 0.1) is 13.8 Å². The second-order valence-corrected chi connectivity index (χ2v) is 9.00. The van der Waals surface area contributed by atoms with Crippen molar-refractivity contribution in [1.29, 1.82) is 0 Å². The van der Waals surface area contributed by atoms with Crippen LogP contribution in [0.3, 0.4) is 0 Å². The Bertz CT molecular complexity index is 924. The van der Waals surface area contributed by atoms with Crippen LogP contribution < -0.4 is 14.4 Å². The standard InChI is InChI=1S/C22H30N2O4S/c1-5-28-20-12-10-19(11-13-20)7-6-14-23-22(25)16-24(29(4,26)27)21-15-17(2)8-9-18(21)3/h8-13,15H,5-7,14,16H2,1-4H3,(H,23,25). The van der Waals surface area contributed by atoms with Gasteiger partial charge in [-0.25, -0.2) is 8.42 Å². The van der Waals surface area contributed by atoms with Crippen LogP contribution in [0.2, 0.25) is 0 Å². The fourth-order valence-corrected chi connectivity index (χ4v) is 3.90. The number of benzene rings is 2. The van der Waals surface area contributed by atoms with Gasteiger partial charge in [0, 0.05) is 6.54 Å². The molecule has 0 aliphatic rings. The molecule has 0 radical (unpaired) electrons. The highest BCUT2D eigenvalue weighted by Crippen LogP contribution is 2.23. The fourth-order valence-electron chi connectivity index (χ4n) is 2.99. The van der Waals surface area contributed by atoms with Crippen LogP contribution >= 0.6 is 0 Å². The van der Waals surface area contributed by atoms with Gasteiger partial charge in [-0.1, -0.05) is 24.3 Å². The Morgan fingerprint density at radius 3 is 2.41 bits per heavy atom. The van der Waals surface area contributed by atoms with Crippen LogP contribution in [-0.4, -0.2) is 40.3 Å². The third-order valence-electron chi connectivity index (χ3n) is 4.52. The molecule has 0 atom stereocenters.